The van der Waals surface area contributed by atoms with Crippen LogP contribution in [0, 0.1) is 6.92 Å². The molecule has 0 atom stereocenters. The van der Waals surface area contributed by atoms with Crippen LogP contribution in [0.2, 0.25) is 0 Å². The minimum Gasteiger partial charge on any atom is -0.422 e. The van der Waals surface area contributed by atoms with Crippen molar-refractivity contribution < 1.29 is 17.6 Å². The van der Waals surface area contributed by atoms with Gasteiger partial charge in [0.15, 0.2) is 5.69 Å². The number of hydrogen-bond acceptors (Lipinski definition) is 6. The summed E-state index contributed by atoms with van der Waals surface area (Å²) in [5.41, 5.74) is -0.104. The fourth-order valence-electron chi connectivity index (χ4n) is 2.35. The third-order valence-electron chi connectivity index (χ3n) is 3.25. The van der Waals surface area contributed by atoms with Crippen LogP contribution in [-0.2, 0) is 6.18 Å². The highest BCUT2D eigenvalue weighted by Gasteiger charge is 2.35. The van der Waals surface area contributed by atoms with E-state index in [1.54, 1.807) is 0 Å². The number of hydrogen-bond donors (Lipinski definition) is 0. The molecule has 4 aromatic rings. The quantitative estimate of drug-likeness (QED) is 0.536. The number of fused-ring (bicyclic) bond motifs is 3. The summed E-state index contributed by atoms with van der Waals surface area (Å²) >= 11 is 0. The first-order chi connectivity index (χ1) is 10.9. The standard InChI is InChI=1S/C13H7F3N6O/c1-6-18-10(13(14,15)16)7-2-3-9-20-8(12-21-17-5-23-12)4-22(9)11(7)19-6/h2-5H,1H3. The second-order valence-corrected chi connectivity index (χ2v) is 4.79. The Morgan fingerprint density at radius 3 is 2.65 bits per heavy atom. The van der Waals surface area contributed by atoms with Crippen LogP contribution < -0.4 is 0 Å². The average Bonchev–Trinajstić information content (AvgIpc) is 3.14. The van der Waals surface area contributed by atoms with Crippen molar-refractivity contribution in [3.63, 3.8) is 0 Å². The lowest BCUT2D eigenvalue weighted by Crippen LogP contribution is -2.12. The summed E-state index contributed by atoms with van der Waals surface area (Å²) in [5.74, 6) is 0.189. The van der Waals surface area contributed by atoms with Crippen molar-refractivity contribution in [2.24, 2.45) is 0 Å². The predicted molar refractivity (Wildman–Crippen MR) is 71.3 cm³/mol. The van der Waals surface area contributed by atoms with Crippen molar-refractivity contribution in [3.8, 4) is 11.6 Å². The van der Waals surface area contributed by atoms with Crippen LogP contribution in [0.15, 0.2) is 29.1 Å². The number of alkyl halides is 3. The highest BCUT2D eigenvalue weighted by atomic mass is 19.4. The molecule has 7 nitrogen and oxygen atoms in total. The molecule has 0 amide bonds. The van der Waals surface area contributed by atoms with Gasteiger partial charge in [-0.05, 0) is 19.1 Å². The number of imidazole rings is 1. The van der Waals surface area contributed by atoms with Crippen molar-refractivity contribution >= 4 is 16.7 Å². The fraction of sp³-hybridized carbons (Fsp3) is 0.154. The van der Waals surface area contributed by atoms with E-state index in [9.17, 15) is 13.2 Å². The number of rotatable bonds is 1. The molecule has 10 heteroatoms. The molecule has 4 rings (SSSR count). The molecule has 0 aliphatic heterocycles. The van der Waals surface area contributed by atoms with E-state index in [-0.39, 0.29) is 22.7 Å². The summed E-state index contributed by atoms with van der Waals surface area (Å²) < 4.78 is 46.0. The van der Waals surface area contributed by atoms with E-state index in [1.165, 1.54) is 29.7 Å². The molecule has 0 fully saturated rings. The molecule has 4 heterocycles. The summed E-state index contributed by atoms with van der Waals surface area (Å²) in [6.07, 6.45) is -1.93. The third-order valence-corrected chi connectivity index (χ3v) is 3.25. The van der Waals surface area contributed by atoms with Gasteiger partial charge in [0.05, 0.1) is 0 Å². The third kappa shape index (κ3) is 2.10. The molecule has 116 valence electrons. The van der Waals surface area contributed by atoms with Crippen molar-refractivity contribution in [3.05, 3.63) is 36.2 Å². The molecular weight excluding hydrogens is 313 g/mol. The summed E-state index contributed by atoms with van der Waals surface area (Å²) in [7, 11) is 0. The van der Waals surface area contributed by atoms with Crippen LogP contribution in [0.3, 0.4) is 0 Å². The Balaban J connectivity index is 2.07. The van der Waals surface area contributed by atoms with Gasteiger partial charge in [-0.25, -0.2) is 15.0 Å². The Morgan fingerprint density at radius 2 is 1.96 bits per heavy atom. The van der Waals surface area contributed by atoms with Gasteiger partial charge in [0.2, 0.25) is 6.39 Å². The fourth-order valence-corrected chi connectivity index (χ4v) is 2.35. The van der Waals surface area contributed by atoms with Crippen LogP contribution in [-0.4, -0.2) is 29.5 Å². The Kier molecular flexibility index (Phi) is 2.65. The highest BCUT2D eigenvalue weighted by Crippen LogP contribution is 2.33. The van der Waals surface area contributed by atoms with Gasteiger partial charge in [-0.1, -0.05) is 0 Å². The molecule has 0 spiro atoms. The van der Waals surface area contributed by atoms with E-state index >= 15 is 0 Å². The van der Waals surface area contributed by atoms with E-state index < -0.39 is 11.9 Å². The maximum atomic E-state index is 13.2. The number of nitrogens with zero attached hydrogens (tertiary/aromatic N) is 6. The summed E-state index contributed by atoms with van der Waals surface area (Å²) in [6, 6.07) is 2.76. The molecule has 0 radical (unpaired) electrons. The number of aromatic nitrogens is 6. The zero-order valence-electron chi connectivity index (χ0n) is 11.5. The number of aryl methyl sites for hydroxylation is 1. The van der Waals surface area contributed by atoms with E-state index in [4.69, 9.17) is 4.42 Å². The molecule has 0 aliphatic carbocycles. The van der Waals surface area contributed by atoms with Crippen LogP contribution in [0.25, 0.3) is 28.3 Å². The minimum absolute atomic E-state index is 0.0189. The monoisotopic (exact) mass is 320 g/mol. The maximum absolute atomic E-state index is 13.2. The second-order valence-electron chi connectivity index (χ2n) is 4.79. The summed E-state index contributed by atoms with van der Waals surface area (Å²) in [4.78, 5) is 11.9. The van der Waals surface area contributed by atoms with Crippen LogP contribution >= 0.6 is 0 Å². The number of halogens is 3. The lowest BCUT2D eigenvalue weighted by Gasteiger charge is -2.10. The largest absolute Gasteiger partial charge is 0.434 e. The van der Waals surface area contributed by atoms with Gasteiger partial charge >= 0.3 is 6.18 Å². The van der Waals surface area contributed by atoms with Crippen molar-refractivity contribution in [1.82, 2.24) is 29.5 Å². The SMILES string of the molecule is Cc1nc(C(F)(F)F)c2ccc3nc(-c4nnco4)cn3c2n1. The molecular formula is C13H7F3N6O. The first-order valence-electron chi connectivity index (χ1n) is 6.43. The molecule has 0 unspecified atom stereocenters. The number of pyridine rings is 1. The highest BCUT2D eigenvalue weighted by molar-refractivity contribution is 5.82. The van der Waals surface area contributed by atoms with E-state index in [2.05, 4.69) is 25.1 Å². The van der Waals surface area contributed by atoms with Crippen molar-refractivity contribution in [2.75, 3.05) is 0 Å². The van der Waals surface area contributed by atoms with Gasteiger partial charge in [0, 0.05) is 11.6 Å². The van der Waals surface area contributed by atoms with E-state index in [0.717, 1.165) is 6.39 Å². The molecule has 0 saturated heterocycles. The Hall–Kier alpha value is -3.04. The lowest BCUT2D eigenvalue weighted by atomic mass is 10.2. The molecule has 0 aliphatic rings. The van der Waals surface area contributed by atoms with Gasteiger partial charge in [0.25, 0.3) is 5.89 Å². The van der Waals surface area contributed by atoms with Crippen molar-refractivity contribution in [1.29, 1.82) is 0 Å². The van der Waals surface area contributed by atoms with Crippen LogP contribution in [0.4, 0.5) is 13.2 Å². The minimum atomic E-state index is -4.57. The normalized spacial score (nSPS) is 12.3. The van der Waals surface area contributed by atoms with Crippen LogP contribution in [0.5, 0.6) is 0 Å². The van der Waals surface area contributed by atoms with Gasteiger partial charge in [-0.2, -0.15) is 13.2 Å². The first kappa shape index (κ1) is 13.6. The summed E-state index contributed by atoms with van der Waals surface area (Å²) in [5, 5.41) is 7.18. The second kappa shape index (κ2) is 4.48. The Labute approximate surface area is 125 Å². The first-order valence-corrected chi connectivity index (χ1v) is 6.43. The van der Waals surface area contributed by atoms with Crippen molar-refractivity contribution in [2.45, 2.75) is 13.1 Å². The molecule has 0 saturated carbocycles. The smallest absolute Gasteiger partial charge is 0.422 e. The van der Waals surface area contributed by atoms with Gasteiger partial charge in [-0.15, -0.1) is 10.2 Å². The zero-order valence-corrected chi connectivity index (χ0v) is 11.5. The Morgan fingerprint density at radius 1 is 1.13 bits per heavy atom. The maximum Gasteiger partial charge on any atom is 0.434 e. The molecule has 0 bridgehead atoms. The summed E-state index contributed by atoms with van der Waals surface area (Å²) in [6.45, 7) is 1.41. The Bertz CT molecular complexity index is 1020. The average molecular weight is 320 g/mol. The zero-order chi connectivity index (χ0) is 16.2. The van der Waals surface area contributed by atoms with Crippen LogP contribution in [0.1, 0.15) is 11.5 Å². The molecule has 0 aromatic carbocycles. The molecule has 0 N–H and O–H groups in total. The predicted octanol–water partition coefficient (Wildman–Crippen LogP) is 2.65. The van der Waals surface area contributed by atoms with E-state index in [1.807, 2.05) is 0 Å². The van der Waals surface area contributed by atoms with Gasteiger partial charge < -0.3 is 4.42 Å². The van der Waals surface area contributed by atoms with Gasteiger partial charge in [0.1, 0.15) is 22.8 Å². The van der Waals surface area contributed by atoms with E-state index in [0.29, 0.717) is 11.3 Å². The lowest BCUT2D eigenvalue weighted by molar-refractivity contribution is -0.139. The van der Waals surface area contributed by atoms with Gasteiger partial charge in [-0.3, -0.25) is 4.40 Å². The topological polar surface area (TPSA) is 82.0 Å². The molecule has 4 aromatic heterocycles. The molecule has 23 heavy (non-hydrogen) atoms.